The van der Waals surface area contributed by atoms with Gasteiger partial charge in [-0.05, 0) is 33.0 Å². The van der Waals surface area contributed by atoms with Crippen molar-refractivity contribution in [2.45, 2.75) is 25.8 Å². The number of hydrogen-bond donors (Lipinski definition) is 0. The van der Waals surface area contributed by atoms with E-state index in [1.807, 2.05) is 41.0 Å². The fourth-order valence-electron chi connectivity index (χ4n) is 4.18. The summed E-state index contributed by atoms with van der Waals surface area (Å²) in [5.41, 5.74) is 0.924. The lowest BCUT2D eigenvalue weighted by Gasteiger charge is -2.31. The molecule has 0 bridgehead atoms. The van der Waals surface area contributed by atoms with Gasteiger partial charge in [-0.15, -0.1) is 0 Å². The molecule has 0 aliphatic carbocycles. The first-order valence-electron chi connectivity index (χ1n) is 9.46. The normalized spacial score (nSPS) is 24.7. The van der Waals surface area contributed by atoms with Crippen LogP contribution in [0, 0.1) is 5.92 Å². The van der Waals surface area contributed by atoms with Crippen LogP contribution in [0.4, 0.5) is 0 Å². The van der Waals surface area contributed by atoms with Gasteiger partial charge in [-0.3, -0.25) is 9.59 Å². The Morgan fingerprint density at radius 2 is 1.96 bits per heavy atom. The number of likely N-dealkylation sites (N-methyl/N-ethyl adjacent to an activating group) is 1. The molecule has 0 N–H and O–H groups in total. The molecule has 0 aromatic heterocycles. The first-order valence-corrected chi connectivity index (χ1v) is 9.46. The topological polar surface area (TPSA) is 53.1 Å². The number of benzene rings is 1. The summed E-state index contributed by atoms with van der Waals surface area (Å²) in [5.74, 6) is 0.537. The highest BCUT2D eigenvalue weighted by atomic mass is 16.5. The molecule has 0 radical (unpaired) electrons. The average Bonchev–Trinajstić information content (AvgIpc) is 2.83. The molecule has 26 heavy (non-hydrogen) atoms. The molecule has 2 atom stereocenters. The minimum absolute atomic E-state index is 0.0497. The monoisotopic (exact) mass is 359 g/mol. The maximum absolute atomic E-state index is 13.3. The molecule has 142 valence electrons. The van der Waals surface area contributed by atoms with Gasteiger partial charge in [0.15, 0.2) is 0 Å². The van der Waals surface area contributed by atoms with E-state index in [0.29, 0.717) is 6.54 Å². The van der Waals surface area contributed by atoms with Crippen molar-refractivity contribution < 1.29 is 14.3 Å². The van der Waals surface area contributed by atoms with Gasteiger partial charge in [-0.2, -0.15) is 0 Å². The molecular formula is C20H29N3O3. The minimum atomic E-state index is -0.345. The molecule has 2 amide bonds. The third-order valence-corrected chi connectivity index (χ3v) is 5.58. The Bertz CT molecular complexity index is 663. The summed E-state index contributed by atoms with van der Waals surface area (Å²) >= 11 is 0. The van der Waals surface area contributed by atoms with E-state index in [1.165, 1.54) is 0 Å². The Morgan fingerprint density at radius 1 is 1.19 bits per heavy atom. The zero-order valence-electron chi connectivity index (χ0n) is 16.0. The molecule has 2 heterocycles. The quantitative estimate of drug-likeness (QED) is 0.822. The molecule has 2 aliphatic heterocycles. The maximum atomic E-state index is 13.3. The summed E-state index contributed by atoms with van der Waals surface area (Å²) in [6.07, 6.45) is 1.25. The van der Waals surface area contributed by atoms with E-state index in [2.05, 4.69) is 11.9 Å². The van der Waals surface area contributed by atoms with Crippen molar-refractivity contribution in [3.05, 3.63) is 29.8 Å². The van der Waals surface area contributed by atoms with Crippen molar-refractivity contribution in [3.63, 3.8) is 0 Å². The van der Waals surface area contributed by atoms with Crippen LogP contribution in [-0.4, -0.2) is 73.4 Å². The number of amides is 2. The first kappa shape index (κ1) is 18.7. The van der Waals surface area contributed by atoms with Gasteiger partial charge in [0.05, 0.1) is 19.1 Å². The van der Waals surface area contributed by atoms with Gasteiger partial charge in [0.1, 0.15) is 5.75 Å². The van der Waals surface area contributed by atoms with E-state index >= 15 is 0 Å². The van der Waals surface area contributed by atoms with Gasteiger partial charge in [0, 0.05) is 38.2 Å². The van der Waals surface area contributed by atoms with Gasteiger partial charge in [-0.25, -0.2) is 0 Å². The molecular weight excluding hydrogens is 330 g/mol. The van der Waals surface area contributed by atoms with Gasteiger partial charge in [-0.1, -0.05) is 18.2 Å². The average molecular weight is 359 g/mol. The maximum Gasteiger partial charge on any atom is 0.228 e. The van der Waals surface area contributed by atoms with E-state index in [0.717, 1.165) is 43.9 Å². The molecule has 2 saturated heterocycles. The van der Waals surface area contributed by atoms with Gasteiger partial charge >= 0.3 is 0 Å². The highest BCUT2D eigenvalue weighted by Gasteiger charge is 2.46. The van der Waals surface area contributed by atoms with Gasteiger partial charge < -0.3 is 19.4 Å². The van der Waals surface area contributed by atoms with E-state index in [9.17, 15) is 9.59 Å². The summed E-state index contributed by atoms with van der Waals surface area (Å²) in [5, 5.41) is 0. The zero-order chi connectivity index (χ0) is 18.7. The Labute approximate surface area is 155 Å². The molecule has 1 aromatic rings. The van der Waals surface area contributed by atoms with E-state index < -0.39 is 0 Å². The fraction of sp³-hybridized carbons (Fsp3) is 0.600. The molecule has 2 aliphatic rings. The summed E-state index contributed by atoms with van der Waals surface area (Å²) in [7, 11) is 3.72. The summed E-state index contributed by atoms with van der Waals surface area (Å²) in [6, 6.07) is 7.47. The van der Waals surface area contributed by atoms with E-state index in [4.69, 9.17) is 4.74 Å². The largest absolute Gasteiger partial charge is 0.496 e. The number of rotatable bonds is 4. The van der Waals surface area contributed by atoms with Crippen LogP contribution >= 0.6 is 0 Å². The van der Waals surface area contributed by atoms with Crippen molar-refractivity contribution in [3.8, 4) is 5.75 Å². The number of nitrogens with zero attached hydrogens (tertiary/aromatic N) is 3. The summed E-state index contributed by atoms with van der Waals surface area (Å²) in [4.78, 5) is 32.0. The highest BCUT2D eigenvalue weighted by molar-refractivity contribution is 5.90. The summed E-state index contributed by atoms with van der Waals surface area (Å²) in [6.45, 7) is 5.93. The number of ether oxygens (including phenoxy) is 1. The second kappa shape index (κ2) is 8.08. The third-order valence-electron chi connectivity index (χ3n) is 5.58. The smallest absolute Gasteiger partial charge is 0.228 e. The Morgan fingerprint density at radius 3 is 2.69 bits per heavy atom. The van der Waals surface area contributed by atoms with Crippen LogP contribution in [0.5, 0.6) is 5.75 Å². The third kappa shape index (κ3) is 3.56. The minimum Gasteiger partial charge on any atom is -0.496 e. The van der Waals surface area contributed by atoms with Crippen molar-refractivity contribution in [1.29, 1.82) is 0 Å². The molecule has 0 saturated carbocycles. The Kier molecular flexibility index (Phi) is 5.81. The van der Waals surface area contributed by atoms with Crippen molar-refractivity contribution in [2.75, 3.05) is 46.9 Å². The number of hydrogen-bond acceptors (Lipinski definition) is 4. The first-order chi connectivity index (χ1) is 12.6. The standard InChI is InChI=1S/C20H29N3O3/c1-4-23-18(24)14-16(19(23)15-8-5-6-9-17(15)26-3)20(25)22-11-7-10-21(2)12-13-22/h5-6,8-9,16,19H,4,7,10-14H2,1-3H3/t16-,19+/m1/s1. The van der Waals surface area contributed by atoms with Crippen molar-refractivity contribution in [2.24, 2.45) is 5.92 Å². The SMILES string of the molecule is CCN1C(=O)C[C@@H](C(=O)N2CCCN(C)CC2)[C@@H]1c1ccccc1OC. The lowest BCUT2D eigenvalue weighted by atomic mass is 9.91. The van der Waals surface area contributed by atoms with Crippen LogP contribution in [0.25, 0.3) is 0 Å². The second-order valence-electron chi connectivity index (χ2n) is 7.16. The lowest BCUT2D eigenvalue weighted by Crippen LogP contribution is -2.41. The predicted molar refractivity (Wildman–Crippen MR) is 99.9 cm³/mol. The molecule has 3 rings (SSSR count). The Balaban J connectivity index is 1.91. The number of carbonyl (C=O) groups excluding carboxylic acids is 2. The van der Waals surface area contributed by atoms with Crippen molar-refractivity contribution in [1.82, 2.24) is 14.7 Å². The van der Waals surface area contributed by atoms with Crippen LogP contribution in [-0.2, 0) is 9.59 Å². The summed E-state index contributed by atoms with van der Waals surface area (Å²) < 4.78 is 5.52. The van der Waals surface area contributed by atoms with Gasteiger partial charge in [0.2, 0.25) is 11.8 Å². The molecule has 1 aromatic carbocycles. The zero-order valence-corrected chi connectivity index (χ0v) is 16.0. The molecule has 2 fully saturated rings. The molecule has 0 unspecified atom stereocenters. The van der Waals surface area contributed by atoms with Gasteiger partial charge in [0.25, 0.3) is 0 Å². The van der Waals surface area contributed by atoms with Crippen LogP contribution in [0.15, 0.2) is 24.3 Å². The second-order valence-corrected chi connectivity index (χ2v) is 7.16. The van der Waals surface area contributed by atoms with E-state index in [-0.39, 0.29) is 30.2 Å². The molecule has 0 spiro atoms. The van der Waals surface area contributed by atoms with Crippen LogP contribution in [0.3, 0.4) is 0 Å². The number of likely N-dealkylation sites (tertiary alicyclic amines) is 1. The molecule has 6 heteroatoms. The molecule has 6 nitrogen and oxygen atoms in total. The Hall–Kier alpha value is -2.08. The number of carbonyl (C=O) groups is 2. The van der Waals surface area contributed by atoms with Crippen LogP contribution < -0.4 is 4.74 Å². The highest BCUT2D eigenvalue weighted by Crippen LogP contribution is 2.42. The van der Waals surface area contributed by atoms with E-state index in [1.54, 1.807) is 7.11 Å². The predicted octanol–water partition coefficient (Wildman–Crippen LogP) is 1.77. The lowest BCUT2D eigenvalue weighted by molar-refractivity contribution is -0.136. The van der Waals surface area contributed by atoms with Crippen LogP contribution in [0.2, 0.25) is 0 Å². The fourth-order valence-corrected chi connectivity index (χ4v) is 4.18. The van der Waals surface area contributed by atoms with Crippen molar-refractivity contribution >= 4 is 11.8 Å². The number of para-hydroxylation sites is 1. The number of methoxy groups -OCH3 is 1. The van der Waals surface area contributed by atoms with Crippen LogP contribution in [0.1, 0.15) is 31.4 Å².